The zero-order valence-corrected chi connectivity index (χ0v) is 25.6. The van der Waals surface area contributed by atoms with Gasteiger partial charge in [0.1, 0.15) is 36.2 Å². The molecule has 0 fully saturated rings. The number of methoxy groups -OCH3 is 1. The Morgan fingerprint density at radius 1 is 1.05 bits per heavy atom. The third kappa shape index (κ3) is 9.38. The summed E-state index contributed by atoms with van der Waals surface area (Å²) in [6, 6.07) is 23.3. The van der Waals surface area contributed by atoms with Gasteiger partial charge in [-0.15, -0.1) is 0 Å². The topological polar surface area (TPSA) is 95.5 Å². The molecule has 0 aromatic heterocycles. The molecule has 1 amide bonds. The van der Waals surface area contributed by atoms with Crippen molar-refractivity contribution in [3.63, 3.8) is 0 Å². The number of carbonyl (C=O) groups excluding carboxylic acids is 1. The monoisotopic (exact) mass is 599 g/mol. The molecule has 2 atom stereocenters. The van der Waals surface area contributed by atoms with Gasteiger partial charge in [0.15, 0.2) is 4.90 Å². The van der Waals surface area contributed by atoms with Crippen LogP contribution in [0.15, 0.2) is 82.7 Å². The van der Waals surface area contributed by atoms with Crippen molar-refractivity contribution in [3.8, 4) is 34.6 Å². The molecule has 8 nitrogen and oxygen atoms in total. The van der Waals surface area contributed by atoms with E-state index in [2.05, 4.69) is 29.2 Å². The van der Waals surface area contributed by atoms with Crippen molar-refractivity contribution in [1.82, 2.24) is 4.90 Å². The van der Waals surface area contributed by atoms with E-state index >= 15 is 0 Å². The molecule has 1 aliphatic rings. The molecule has 0 aliphatic carbocycles. The van der Waals surface area contributed by atoms with Crippen LogP contribution in [-0.4, -0.2) is 67.0 Å². The van der Waals surface area contributed by atoms with Gasteiger partial charge in [-0.2, -0.15) is 4.99 Å². The summed E-state index contributed by atoms with van der Waals surface area (Å²) in [6.45, 7) is 6.64. The standard InChI is InChI=1S/C34H37N3O5S/c1-4-20-41-21-22-42-31-12-6-26(7-13-31)27-8-16-33(40-3)28(23-27)9-17-34(38)36-29-10-14-32(15-11-29)43(39)24-30-18-19-35-25-37(30)5-2/h6-17,23,25,30H,4-5,20-22,24H2,1-3H3,(H,36,38)/b17-9+/t30?,43-/m1/s1. The van der Waals surface area contributed by atoms with Crippen molar-refractivity contribution in [2.75, 3.05) is 44.5 Å². The Morgan fingerprint density at radius 3 is 2.53 bits per heavy atom. The molecule has 4 rings (SSSR count). The van der Waals surface area contributed by atoms with Crippen LogP contribution in [0.4, 0.5) is 5.69 Å². The number of rotatable bonds is 15. The Morgan fingerprint density at radius 2 is 1.81 bits per heavy atom. The van der Waals surface area contributed by atoms with Crippen molar-refractivity contribution in [3.05, 3.63) is 78.4 Å². The number of anilines is 1. The SMILES string of the molecule is CCCOCCOc1ccc(-c2ccc(OC)c(/C=C/C(=O)Nc3ccc([S@+]([O-])CC4C#CN=CN4CC)cc3)c2)cc1. The van der Waals surface area contributed by atoms with Gasteiger partial charge in [-0.05, 0) is 96.2 Å². The Hall–Kier alpha value is -4.23. The fourth-order valence-corrected chi connectivity index (χ4v) is 5.54. The third-order valence-corrected chi connectivity index (χ3v) is 8.05. The van der Waals surface area contributed by atoms with Crippen molar-refractivity contribution < 1.29 is 23.6 Å². The maximum absolute atomic E-state index is 12.9. The van der Waals surface area contributed by atoms with E-state index in [4.69, 9.17) is 14.2 Å². The largest absolute Gasteiger partial charge is 0.611 e. The highest BCUT2D eigenvalue weighted by Crippen LogP contribution is 2.29. The number of nitrogens with zero attached hydrogens (tertiary/aromatic N) is 2. The summed E-state index contributed by atoms with van der Waals surface area (Å²) in [5, 5.41) is 2.86. The molecular weight excluding hydrogens is 562 g/mol. The van der Waals surface area contributed by atoms with Gasteiger partial charge in [0.2, 0.25) is 5.91 Å². The Bertz CT molecular complexity index is 1460. The lowest BCUT2D eigenvalue weighted by molar-refractivity contribution is -0.111. The van der Waals surface area contributed by atoms with Gasteiger partial charge in [0.05, 0.1) is 13.7 Å². The van der Waals surface area contributed by atoms with Crippen molar-refractivity contribution >= 4 is 35.2 Å². The minimum Gasteiger partial charge on any atom is -0.611 e. The van der Waals surface area contributed by atoms with E-state index in [9.17, 15) is 9.35 Å². The maximum atomic E-state index is 12.9. The summed E-state index contributed by atoms with van der Waals surface area (Å²) < 4.78 is 29.6. The summed E-state index contributed by atoms with van der Waals surface area (Å²) in [5.41, 5.74) is 3.37. The fourth-order valence-electron chi connectivity index (χ4n) is 4.35. The zero-order chi connectivity index (χ0) is 30.4. The molecule has 0 bridgehead atoms. The van der Waals surface area contributed by atoms with Crippen LogP contribution in [0.2, 0.25) is 0 Å². The first-order valence-corrected chi connectivity index (χ1v) is 15.6. The number of aliphatic imine (C=N–C) groups is 1. The number of nitrogens with one attached hydrogen (secondary N) is 1. The van der Waals surface area contributed by atoms with E-state index in [0.29, 0.717) is 35.3 Å². The molecule has 0 saturated carbocycles. The highest BCUT2D eigenvalue weighted by molar-refractivity contribution is 7.91. The van der Waals surface area contributed by atoms with Crippen LogP contribution in [-0.2, 0) is 20.7 Å². The molecule has 3 aromatic rings. The molecule has 0 spiro atoms. The van der Waals surface area contributed by atoms with Crippen LogP contribution >= 0.6 is 0 Å². The Kier molecular flexibility index (Phi) is 12.1. The molecule has 0 saturated heterocycles. The summed E-state index contributed by atoms with van der Waals surface area (Å²) in [7, 11) is 1.60. The molecule has 1 unspecified atom stereocenters. The minimum absolute atomic E-state index is 0.141. The average Bonchev–Trinajstić information content (AvgIpc) is 3.04. The van der Waals surface area contributed by atoms with Crippen LogP contribution in [0, 0.1) is 12.0 Å². The highest BCUT2D eigenvalue weighted by atomic mass is 32.2. The zero-order valence-electron chi connectivity index (χ0n) is 24.7. The first-order chi connectivity index (χ1) is 21.0. The van der Waals surface area contributed by atoms with Crippen molar-refractivity contribution in [1.29, 1.82) is 0 Å². The number of hydrogen-bond acceptors (Lipinski definition) is 7. The minimum atomic E-state index is -1.24. The molecule has 0 radical (unpaired) electrons. The van der Waals surface area contributed by atoms with E-state index < -0.39 is 11.2 Å². The number of ether oxygens (including phenoxy) is 3. The summed E-state index contributed by atoms with van der Waals surface area (Å²) in [6.07, 6.45) is 5.87. The fraction of sp³-hybridized carbons (Fsp3) is 0.294. The lowest BCUT2D eigenvalue weighted by atomic mass is 10.0. The van der Waals surface area contributed by atoms with Gasteiger partial charge in [-0.3, -0.25) is 4.79 Å². The van der Waals surface area contributed by atoms with Crippen LogP contribution in [0.5, 0.6) is 11.5 Å². The van der Waals surface area contributed by atoms with Gasteiger partial charge in [0.25, 0.3) is 0 Å². The first kappa shape index (κ1) is 31.7. The Balaban J connectivity index is 1.34. The number of benzene rings is 3. The summed E-state index contributed by atoms with van der Waals surface area (Å²) >= 11 is -1.24. The van der Waals surface area contributed by atoms with E-state index in [1.165, 1.54) is 6.08 Å². The highest BCUT2D eigenvalue weighted by Gasteiger charge is 2.22. The van der Waals surface area contributed by atoms with Crippen molar-refractivity contribution in [2.24, 2.45) is 4.99 Å². The van der Waals surface area contributed by atoms with Crippen molar-refractivity contribution in [2.45, 2.75) is 31.2 Å². The molecule has 224 valence electrons. The van der Waals surface area contributed by atoms with E-state index in [0.717, 1.165) is 42.0 Å². The summed E-state index contributed by atoms with van der Waals surface area (Å²) in [5.74, 6) is 4.55. The number of amides is 1. The molecule has 3 aromatic carbocycles. The second-order valence-corrected chi connectivity index (χ2v) is 11.1. The second-order valence-electron chi connectivity index (χ2n) is 9.65. The van der Waals surface area contributed by atoms with Gasteiger partial charge in [-0.25, -0.2) is 0 Å². The first-order valence-electron chi connectivity index (χ1n) is 14.3. The lowest BCUT2D eigenvalue weighted by Gasteiger charge is -2.26. The smallest absolute Gasteiger partial charge is 0.248 e. The molecule has 1 N–H and O–H groups in total. The predicted octanol–water partition coefficient (Wildman–Crippen LogP) is 5.62. The molecule has 1 aliphatic heterocycles. The lowest BCUT2D eigenvalue weighted by Crippen LogP contribution is -2.39. The van der Waals surface area contributed by atoms with Crippen LogP contribution in [0.3, 0.4) is 0 Å². The maximum Gasteiger partial charge on any atom is 0.248 e. The van der Waals surface area contributed by atoms with Gasteiger partial charge in [0, 0.05) is 36.5 Å². The van der Waals surface area contributed by atoms with Crippen LogP contribution in [0.25, 0.3) is 17.2 Å². The van der Waals surface area contributed by atoms with Gasteiger partial charge < -0.3 is 29.0 Å². The van der Waals surface area contributed by atoms with Gasteiger partial charge >= 0.3 is 0 Å². The number of hydrogen-bond donors (Lipinski definition) is 1. The third-order valence-electron chi connectivity index (χ3n) is 6.64. The predicted molar refractivity (Wildman–Crippen MR) is 173 cm³/mol. The second kappa shape index (κ2) is 16.4. The van der Waals surface area contributed by atoms with E-state index in [1.807, 2.05) is 54.3 Å². The molecular formula is C34H37N3O5S. The molecule has 1 heterocycles. The van der Waals surface area contributed by atoms with E-state index in [1.54, 1.807) is 43.8 Å². The quantitative estimate of drug-likeness (QED) is 0.105. The van der Waals surface area contributed by atoms with Gasteiger partial charge in [-0.1, -0.05) is 25.1 Å². The molecule has 43 heavy (non-hydrogen) atoms. The van der Waals surface area contributed by atoms with Crippen LogP contribution < -0.4 is 14.8 Å². The average molecular weight is 600 g/mol. The number of carbonyl (C=O) groups is 1. The summed E-state index contributed by atoms with van der Waals surface area (Å²) in [4.78, 5) is 19.3. The van der Waals surface area contributed by atoms with E-state index in [-0.39, 0.29) is 11.9 Å². The molecule has 9 heteroatoms. The van der Waals surface area contributed by atoms with Crippen LogP contribution in [0.1, 0.15) is 25.8 Å². The normalized spacial score (nSPS) is 14.7. The Labute approximate surface area is 256 Å².